The monoisotopic (exact) mass is 530 g/mol. The smallest absolute Gasteiger partial charge is 0.343 e. The highest BCUT2D eigenvalue weighted by atomic mass is 19.1. The maximum absolute atomic E-state index is 14.2. The lowest BCUT2D eigenvalue weighted by Crippen LogP contribution is -2.29. The SMILES string of the molecule is CCCCOc1ccc(C(=O)Oc2ccc(CCC3CCC(OC(=O)[C@@H](F)CCCC)CC3)cc2)cc1F. The van der Waals surface area contributed by atoms with E-state index in [0.717, 1.165) is 69.4 Å². The van der Waals surface area contributed by atoms with Crippen molar-refractivity contribution in [3.05, 3.63) is 59.4 Å². The van der Waals surface area contributed by atoms with Gasteiger partial charge in [0, 0.05) is 0 Å². The van der Waals surface area contributed by atoms with Crippen molar-refractivity contribution in [3.63, 3.8) is 0 Å². The van der Waals surface area contributed by atoms with E-state index in [-0.39, 0.29) is 23.8 Å². The maximum atomic E-state index is 14.2. The summed E-state index contributed by atoms with van der Waals surface area (Å²) in [4.78, 5) is 24.4. The zero-order valence-electron chi connectivity index (χ0n) is 22.6. The van der Waals surface area contributed by atoms with Gasteiger partial charge in [0.1, 0.15) is 11.9 Å². The van der Waals surface area contributed by atoms with Crippen LogP contribution in [0.15, 0.2) is 42.5 Å². The lowest BCUT2D eigenvalue weighted by Gasteiger charge is -2.28. The standard InChI is InChI=1S/C31H40F2O5/c1-3-5-7-27(32)31(35)38-26-17-12-23(13-18-26)9-8-22-10-15-25(16-11-22)37-30(34)24-14-19-29(28(33)21-24)36-20-6-4-2/h10-11,14-16,19,21,23,26-27H,3-9,12-13,17-18,20H2,1-2H3/t23?,26?,27-/m0/s1. The molecular formula is C31H40F2O5. The van der Waals surface area contributed by atoms with Gasteiger partial charge < -0.3 is 14.2 Å². The lowest BCUT2D eigenvalue weighted by atomic mass is 9.83. The van der Waals surface area contributed by atoms with E-state index in [9.17, 15) is 18.4 Å². The molecule has 5 nitrogen and oxygen atoms in total. The van der Waals surface area contributed by atoms with Gasteiger partial charge in [-0.2, -0.15) is 0 Å². The van der Waals surface area contributed by atoms with Gasteiger partial charge in [0.15, 0.2) is 17.7 Å². The third-order valence-corrected chi connectivity index (χ3v) is 7.04. The number of hydrogen-bond acceptors (Lipinski definition) is 5. The molecule has 0 bridgehead atoms. The fourth-order valence-corrected chi connectivity index (χ4v) is 4.61. The highest BCUT2D eigenvalue weighted by Gasteiger charge is 2.27. The molecule has 1 aliphatic rings. The van der Waals surface area contributed by atoms with Crippen molar-refractivity contribution in [1.29, 1.82) is 0 Å². The average Bonchev–Trinajstić information content (AvgIpc) is 2.93. The number of aryl methyl sites for hydroxylation is 1. The summed E-state index contributed by atoms with van der Waals surface area (Å²) in [6, 6.07) is 11.4. The van der Waals surface area contributed by atoms with Gasteiger partial charge in [0.05, 0.1) is 12.2 Å². The summed E-state index contributed by atoms with van der Waals surface area (Å²) in [5, 5.41) is 0. The minimum absolute atomic E-state index is 0.124. The number of rotatable bonds is 14. The van der Waals surface area contributed by atoms with Crippen LogP contribution in [0.4, 0.5) is 8.78 Å². The molecule has 38 heavy (non-hydrogen) atoms. The third-order valence-electron chi connectivity index (χ3n) is 7.04. The average molecular weight is 531 g/mol. The third kappa shape index (κ3) is 9.41. The quantitative estimate of drug-likeness (QED) is 0.142. The molecule has 0 aromatic heterocycles. The van der Waals surface area contributed by atoms with Gasteiger partial charge in [-0.05, 0) is 93.2 Å². The van der Waals surface area contributed by atoms with Crippen LogP contribution in [0.3, 0.4) is 0 Å². The minimum atomic E-state index is -1.51. The zero-order valence-corrected chi connectivity index (χ0v) is 22.6. The molecule has 208 valence electrons. The van der Waals surface area contributed by atoms with E-state index in [1.165, 1.54) is 12.1 Å². The second-order valence-corrected chi connectivity index (χ2v) is 10.1. The number of alkyl halides is 1. The topological polar surface area (TPSA) is 61.8 Å². The first kappa shape index (κ1) is 29.6. The van der Waals surface area contributed by atoms with Gasteiger partial charge >= 0.3 is 11.9 Å². The largest absolute Gasteiger partial charge is 0.491 e. The van der Waals surface area contributed by atoms with Crippen molar-refractivity contribution in [2.24, 2.45) is 5.92 Å². The second-order valence-electron chi connectivity index (χ2n) is 10.1. The van der Waals surface area contributed by atoms with Crippen LogP contribution >= 0.6 is 0 Å². The van der Waals surface area contributed by atoms with E-state index in [4.69, 9.17) is 14.2 Å². The first-order valence-corrected chi connectivity index (χ1v) is 14.0. The highest BCUT2D eigenvalue weighted by Crippen LogP contribution is 2.30. The molecule has 0 aliphatic heterocycles. The van der Waals surface area contributed by atoms with Crippen molar-refractivity contribution in [2.75, 3.05) is 6.61 Å². The van der Waals surface area contributed by atoms with Crippen molar-refractivity contribution < 1.29 is 32.6 Å². The summed E-state index contributed by atoms with van der Waals surface area (Å²) in [5.41, 5.74) is 1.26. The molecule has 0 spiro atoms. The van der Waals surface area contributed by atoms with E-state index in [1.54, 1.807) is 12.1 Å². The Bertz CT molecular complexity index is 1020. The summed E-state index contributed by atoms with van der Waals surface area (Å²) < 4.78 is 44.3. The molecular weight excluding hydrogens is 490 g/mol. The van der Waals surface area contributed by atoms with Crippen molar-refractivity contribution in [3.8, 4) is 11.5 Å². The van der Waals surface area contributed by atoms with E-state index in [1.807, 2.05) is 26.0 Å². The number of unbranched alkanes of at least 4 members (excludes halogenated alkanes) is 2. The summed E-state index contributed by atoms with van der Waals surface area (Å²) in [6.45, 7) is 4.43. The van der Waals surface area contributed by atoms with E-state index >= 15 is 0 Å². The van der Waals surface area contributed by atoms with Gasteiger partial charge in [-0.1, -0.05) is 45.2 Å². The summed E-state index contributed by atoms with van der Waals surface area (Å²) in [7, 11) is 0. The molecule has 0 amide bonds. The first-order valence-electron chi connectivity index (χ1n) is 14.0. The number of benzene rings is 2. The summed E-state index contributed by atoms with van der Waals surface area (Å²) in [6.07, 6.45) is 7.25. The molecule has 0 heterocycles. The number of carbonyl (C=O) groups is 2. The van der Waals surface area contributed by atoms with Crippen LogP contribution < -0.4 is 9.47 Å². The molecule has 1 aliphatic carbocycles. The van der Waals surface area contributed by atoms with E-state index in [2.05, 4.69) is 0 Å². The van der Waals surface area contributed by atoms with Crippen LogP contribution in [0, 0.1) is 11.7 Å². The van der Waals surface area contributed by atoms with E-state index in [0.29, 0.717) is 24.7 Å². The fraction of sp³-hybridized carbons (Fsp3) is 0.548. The van der Waals surface area contributed by atoms with Gasteiger partial charge in [0.25, 0.3) is 0 Å². The Morgan fingerprint density at radius 2 is 1.68 bits per heavy atom. The highest BCUT2D eigenvalue weighted by molar-refractivity contribution is 5.91. The molecule has 1 atom stereocenters. The molecule has 0 unspecified atom stereocenters. The van der Waals surface area contributed by atoms with Crippen LogP contribution in [0.1, 0.15) is 94.0 Å². The Hall–Kier alpha value is -2.96. The van der Waals surface area contributed by atoms with Crippen molar-refractivity contribution in [1.82, 2.24) is 0 Å². The number of hydrogen-bond donors (Lipinski definition) is 0. The predicted octanol–water partition coefficient (Wildman–Crippen LogP) is 7.79. The number of halogens is 2. The summed E-state index contributed by atoms with van der Waals surface area (Å²) in [5.74, 6) is -0.858. The Labute approximate surface area is 224 Å². The van der Waals surface area contributed by atoms with Crippen LogP contribution in [0.2, 0.25) is 0 Å². The summed E-state index contributed by atoms with van der Waals surface area (Å²) >= 11 is 0. The molecule has 0 saturated heterocycles. The number of ether oxygens (including phenoxy) is 3. The molecule has 3 rings (SSSR count). The fourth-order valence-electron chi connectivity index (χ4n) is 4.61. The molecule has 0 N–H and O–H groups in total. The first-order chi connectivity index (χ1) is 18.4. The predicted molar refractivity (Wildman–Crippen MR) is 143 cm³/mol. The second kappa shape index (κ2) is 15.5. The molecule has 7 heteroatoms. The zero-order chi connectivity index (χ0) is 27.3. The van der Waals surface area contributed by atoms with E-state index < -0.39 is 23.9 Å². The van der Waals surface area contributed by atoms with Crippen LogP contribution in [-0.4, -0.2) is 30.8 Å². The normalized spacial score (nSPS) is 18.0. The molecule has 0 radical (unpaired) electrons. The number of carbonyl (C=O) groups excluding carboxylic acids is 2. The Morgan fingerprint density at radius 3 is 2.34 bits per heavy atom. The van der Waals surface area contributed by atoms with Gasteiger partial charge in [-0.3, -0.25) is 0 Å². The van der Waals surface area contributed by atoms with Crippen LogP contribution in [0.5, 0.6) is 11.5 Å². The van der Waals surface area contributed by atoms with Crippen molar-refractivity contribution in [2.45, 2.75) is 96.8 Å². The van der Waals surface area contributed by atoms with Gasteiger partial charge in [-0.25, -0.2) is 18.4 Å². The Morgan fingerprint density at radius 1 is 0.974 bits per heavy atom. The Balaban J connectivity index is 1.39. The molecule has 1 saturated carbocycles. The van der Waals surface area contributed by atoms with Crippen molar-refractivity contribution >= 4 is 11.9 Å². The lowest BCUT2D eigenvalue weighted by molar-refractivity contribution is -0.157. The Kier molecular flexibility index (Phi) is 12.0. The van der Waals surface area contributed by atoms with Gasteiger partial charge in [0.2, 0.25) is 0 Å². The minimum Gasteiger partial charge on any atom is -0.491 e. The molecule has 2 aromatic carbocycles. The number of esters is 2. The molecule has 1 fully saturated rings. The maximum Gasteiger partial charge on any atom is 0.343 e. The van der Waals surface area contributed by atoms with Gasteiger partial charge in [-0.15, -0.1) is 0 Å². The molecule has 2 aromatic rings. The van der Waals surface area contributed by atoms with Crippen LogP contribution in [-0.2, 0) is 16.0 Å². The van der Waals surface area contributed by atoms with Crippen LogP contribution in [0.25, 0.3) is 0 Å².